The van der Waals surface area contributed by atoms with Gasteiger partial charge in [0.15, 0.2) is 0 Å². The highest BCUT2D eigenvalue weighted by Gasteiger charge is 2.23. The minimum atomic E-state index is 0.663. The highest BCUT2D eigenvalue weighted by molar-refractivity contribution is 5.86. The van der Waals surface area contributed by atoms with Crippen LogP contribution in [0, 0.1) is 0 Å². The number of amidine groups is 1. The zero-order valence-corrected chi connectivity index (χ0v) is 17.0. The van der Waals surface area contributed by atoms with Crippen molar-refractivity contribution in [2.45, 2.75) is 38.5 Å². The first-order valence-electron chi connectivity index (χ1n) is 10.6. The van der Waals surface area contributed by atoms with Crippen molar-refractivity contribution in [2.24, 2.45) is 16.8 Å². The van der Waals surface area contributed by atoms with E-state index < -0.39 is 0 Å². The topological polar surface area (TPSA) is 79.7 Å². The predicted molar refractivity (Wildman–Crippen MR) is 120 cm³/mol. The van der Waals surface area contributed by atoms with E-state index in [9.17, 15) is 0 Å². The maximum Gasteiger partial charge on any atom is 0.135 e. The van der Waals surface area contributed by atoms with Gasteiger partial charge < -0.3 is 16.2 Å². The van der Waals surface area contributed by atoms with Crippen molar-refractivity contribution in [1.82, 2.24) is 10.3 Å². The summed E-state index contributed by atoms with van der Waals surface area (Å²) >= 11 is 0. The van der Waals surface area contributed by atoms with Crippen LogP contribution in [0.3, 0.4) is 0 Å². The molecular weight excluding hydrogens is 358 g/mol. The highest BCUT2D eigenvalue weighted by Crippen LogP contribution is 2.38. The highest BCUT2D eigenvalue weighted by atomic mass is 15.3. The molecule has 1 fully saturated rings. The molecule has 152 valence electrons. The number of hydrogen-bond acceptors (Lipinski definition) is 4. The quantitative estimate of drug-likeness (QED) is 0.325. The van der Waals surface area contributed by atoms with Crippen molar-refractivity contribution in [1.29, 1.82) is 0 Å². The summed E-state index contributed by atoms with van der Waals surface area (Å²) in [6, 6.07) is 18.0. The molecule has 2 aromatic rings. The Hall–Kier alpha value is -2.63. The van der Waals surface area contributed by atoms with E-state index in [1.165, 1.54) is 27.8 Å². The molecule has 0 saturated carbocycles. The molecule has 0 bridgehead atoms. The van der Waals surface area contributed by atoms with Crippen molar-refractivity contribution in [3.63, 3.8) is 0 Å². The van der Waals surface area contributed by atoms with Crippen LogP contribution < -0.4 is 17.1 Å². The van der Waals surface area contributed by atoms with Crippen LogP contribution >= 0.6 is 0 Å². The monoisotopic (exact) mass is 389 g/mol. The van der Waals surface area contributed by atoms with Crippen LogP contribution in [-0.2, 0) is 12.8 Å². The van der Waals surface area contributed by atoms with Gasteiger partial charge in [0.1, 0.15) is 5.84 Å². The number of benzene rings is 2. The summed E-state index contributed by atoms with van der Waals surface area (Å²) in [5.41, 5.74) is 11.5. The molecule has 0 atom stereocenters. The van der Waals surface area contributed by atoms with Gasteiger partial charge in [-0.2, -0.15) is 5.10 Å². The summed E-state index contributed by atoms with van der Waals surface area (Å²) in [5.74, 6) is 11.4. The molecule has 1 heterocycles. The van der Waals surface area contributed by atoms with Crippen molar-refractivity contribution < 1.29 is 0 Å². The number of nitrogens with two attached hydrogens (primary N) is 2. The van der Waals surface area contributed by atoms with Crippen molar-refractivity contribution in [3.8, 4) is 0 Å². The molecule has 29 heavy (non-hydrogen) atoms. The van der Waals surface area contributed by atoms with E-state index in [-0.39, 0.29) is 0 Å². The summed E-state index contributed by atoms with van der Waals surface area (Å²) in [7, 11) is 0. The van der Waals surface area contributed by atoms with Gasteiger partial charge in [0.25, 0.3) is 0 Å². The molecule has 1 aliphatic carbocycles. The lowest BCUT2D eigenvalue weighted by Gasteiger charge is -2.30. The zero-order valence-electron chi connectivity index (χ0n) is 17.0. The van der Waals surface area contributed by atoms with Crippen LogP contribution in [0.5, 0.6) is 0 Å². The average Bonchev–Trinajstić information content (AvgIpc) is 2.94. The number of fused-ring (bicyclic) bond motifs is 2. The molecule has 5 heteroatoms. The SMILES string of the molecule is N/N=C(/CCCN1CCC(=C2c3ccccc3CCc3ccccc32)CC1)NN. The molecule has 5 N–H and O–H groups in total. The lowest BCUT2D eigenvalue weighted by Crippen LogP contribution is -2.34. The maximum atomic E-state index is 5.41. The number of aryl methyl sites for hydroxylation is 2. The molecule has 0 radical (unpaired) electrons. The first-order valence-corrected chi connectivity index (χ1v) is 10.6. The second-order valence-corrected chi connectivity index (χ2v) is 7.96. The molecule has 2 aromatic carbocycles. The summed E-state index contributed by atoms with van der Waals surface area (Å²) in [6.07, 6.45) is 6.30. The summed E-state index contributed by atoms with van der Waals surface area (Å²) in [6.45, 7) is 3.26. The Morgan fingerprint density at radius 3 is 2.03 bits per heavy atom. The minimum Gasteiger partial charge on any atom is -0.322 e. The van der Waals surface area contributed by atoms with Gasteiger partial charge in [-0.3, -0.25) is 0 Å². The summed E-state index contributed by atoms with van der Waals surface area (Å²) in [4.78, 5) is 2.54. The Balaban J connectivity index is 1.54. The van der Waals surface area contributed by atoms with E-state index in [1.807, 2.05) is 0 Å². The first kappa shape index (κ1) is 19.7. The number of nitrogens with one attached hydrogen (secondary N) is 1. The van der Waals surface area contributed by atoms with Gasteiger partial charge in [0.05, 0.1) is 0 Å². The molecule has 1 aliphatic heterocycles. The fourth-order valence-corrected chi connectivity index (χ4v) is 4.70. The molecule has 0 aromatic heterocycles. The molecule has 4 rings (SSSR count). The van der Waals surface area contributed by atoms with Gasteiger partial charge in [-0.15, -0.1) is 0 Å². The number of rotatable bonds is 4. The van der Waals surface area contributed by atoms with E-state index in [1.54, 1.807) is 5.57 Å². The number of hydrazine groups is 1. The second-order valence-electron chi connectivity index (χ2n) is 7.96. The van der Waals surface area contributed by atoms with Crippen LogP contribution in [0.25, 0.3) is 5.57 Å². The lowest BCUT2D eigenvalue weighted by molar-refractivity contribution is 0.255. The molecular formula is C24H31N5. The summed E-state index contributed by atoms with van der Waals surface area (Å²) in [5, 5.41) is 3.67. The van der Waals surface area contributed by atoms with Crippen molar-refractivity contribution in [3.05, 3.63) is 76.4 Å². The third kappa shape index (κ3) is 4.36. The van der Waals surface area contributed by atoms with E-state index in [4.69, 9.17) is 11.7 Å². The predicted octanol–water partition coefficient (Wildman–Crippen LogP) is 3.20. The smallest absolute Gasteiger partial charge is 0.135 e. The Bertz CT molecular complexity index is 855. The van der Waals surface area contributed by atoms with Crippen LogP contribution in [0.2, 0.25) is 0 Å². The number of likely N-dealkylation sites (tertiary alicyclic amines) is 1. The van der Waals surface area contributed by atoms with Gasteiger partial charge >= 0.3 is 0 Å². The summed E-state index contributed by atoms with van der Waals surface area (Å²) < 4.78 is 0. The number of piperidine rings is 1. The van der Waals surface area contributed by atoms with E-state index in [0.717, 1.165) is 58.2 Å². The van der Waals surface area contributed by atoms with Crippen molar-refractivity contribution >= 4 is 11.4 Å². The minimum absolute atomic E-state index is 0.663. The molecule has 0 amide bonds. The largest absolute Gasteiger partial charge is 0.322 e. The molecule has 1 saturated heterocycles. The van der Waals surface area contributed by atoms with Crippen LogP contribution in [-0.4, -0.2) is 30.4 Å². The molecule has 2 aliphatic rings. The van der Waals surface area contributed by atoms with Crippen LogP contribution in [0.1, 0.15) is 47.9 Å². The van der Waals surface area contributed by atoms with Gasteiger partial charge in [-0.05, 0) is 66.5 Å². The number of hydrazone groups is 1. The standard InChI is InChI=1S/C24H31N5/c25-27-23(28-26)10-5-15-29-16-13-20(14-17-29)24-21-8-3-1-6-18(21)11-12-19-7-2-4-9-22(19)24/h1-4,6-9H,5,10-17,25-26H2,(H,27,28). The zero-order chi connectivity index (χ0) is 20.1. The first-order chi connectivity index (χ1) is 14.3. The molecule has 0 unspecified atom stereocenters. The molecule has 5 nitrogen and oxygen atoms in total. The van der Waals surface area contributed by atoms with Crippen LogP contribution in [0.4, 0.5) is 0 Å². The number of hydrogen-bond donors (Lipinski definition) is 3. The van der Waals surface area contributed by atoms with Gasteiger partial charge in [0.2, 0.25) is 0 Å². The van der Waals surface area contributed by atoms with Gasteiger partial charge in [0, 0.05) is 19.5 Å². The fourth-order valence-electron chi connectivity index (χ4n) is 4.70. The normalized spacial score (nSPS) is 17.5. The second kappa shape index (κ2) is 9.25. The Morgan fingerprint density at radius 1 is 0.897 bits per heavy atom. The Kier molecular flexibility index (Phi) is 6.27. The third-order valence-corrected chi connectivity index (χ3v) is 6.26. The number of nitrogens with zero attached hydrogens (tertiary/aromatic N) is 2. The van der Waals surface area contributed by atoms with E-state index >= 15 is 0 Å². The van der Waals surface area contributed by atoms with Gasteiger partial charge in [-0.1, -0.05) is 54.1 Å². The average molecular weight is 390 g/mol. The Labute approximate surface area is 173 Å². The van der Waals surface area contributed by atoms with Crippen molar-refractivity contribution in [2.75, 3.05) is 19.6 Å². The fraction of sp³-hybridized carbons (Fsp3) is 0.375. The van der Waals surface area contributed by atoms with E-state index in [0.29, 0.717) is 5.84 Å². The van der Waals surface area contributed by atoms with E-state index in [2.05, 4.69) is 64.0 Å². The maximum absolute atomic E-state index is 5.41. The third-order valence-electron chi connectivity index (χ3n) is 6.26. The van der Waals surface area contributed by atoms with Gasteiger partial charge in [-0.25, -0.2) is 5.84 Å². The van der Waals surface area contributed by atoms with Crippen LogP contribution in [0.15, 0.2) is 59.2 Å². The lowest BCUT2D eigenvalue weighted by atomic mass is 9.86. The Morgan fingerprint density at radius 2 is 1.48 bits per heavy atom. The molecule has 0 spiro atoms.